The molecular formula is C4H4Cl3NO3. The maximum Gasteiger partial charge on any atom is 0.352 e. The van der Waals surface area contributed by atoms with Gasteiger partial charge in [-0.05, 0) is 0 Å². The number of alkyl halides is 3. The van der Waals surface area contributed by atoms with Gasteiger partial charge >= 0.3 is 5.72 Å². The molecule has 0 aliphatic carbocycles. The molecule has 1 unspecified atom stereocenters. The lowest BCUT2D eigenvalue weighted by atomic mass is 10.3. The average molecular weight is 220 g/mol. The van der Waals surface area contributed by atoms with Gasteiger partial charge in [-0.15, -0.1) is 0 Å². The highest BCUT2D eigenvalue weighted by Crippen LogP contribution is 2.43. The third-order valence-corrected chi connectivity index (χ3v) is 1.69. The summed E-state index contributed by atoms with van der Waals surface area (Å²) >= 11 is 16.0. The summed E-state index contributed by atoms with van der Waals surface area (Å²) in [6, 6.07) is 0. The van der Waals surface area contributed by atoms with Gasteiger partial charge < -0.3 is 4.74 Å². The molecule has 0 saturated carbocycles. The number of halogens is 3. The molecule has 0 aromatic heterocycles. The minimum atomic E-state index is -1.62. The maximum absolute atomic E-state index is 10.3. The molecule has 0 N–H and O–H groups in total. The van der Waals surface area contributed by atoms with Crippen molar-refractivity contribution in [1.29, 1.82) is 0 Å². The lowest BCUT2D eigenvalue weighted by Gasteiger charge is -2.10. The summed E-state index contributed by atoms with van der Waals surface area (Å²) in [7, 11) is 0. The molecule has 0 aromatic rings. The molecule has 1 atom stereocenters. The summed E-state index contributed by atoms with van der Waals surface area (Å²) in [5.41, 5.74) is -1.44. The molecule has 11 heavy (non-hydrogen) atoms. The lowest BCUT2D eigenvalue weighted by Crippen LogP contribution is -2.28. The zero-order valence-electron chi connectivity index (χ0n) is 5.22. The summed E-state index contributed by atoms with van der Waals surface area (Å²) < 4.78 is 2.96. The van der Waals surface area contributed by atoms with Crippen molar-refractivity contribution in [2.75, 3.05) is 6.61 Å². The van der Waals surface area contributed by atoms with E-state index in [1.54, 1.807) is 0 Å². The minimum Gasteiger partial charge on any atom is -0.302 e. The monoisotopic (exact) mass is 219 g/mol. The summed E-state index contributed by atoms with van der Waals surface area (Å²) in [6.45, 7) is 0.0217. The van der Waals surface area contributed by atoms with Gasteiger partial charge in [0.05, 0.1) is 11.3 Å². The van der Waals surface area contributed by atoms with Gasteiger partial charge in [-0.25, -0.2) is 0 Å². The second-order valence-electron chi connectivity index (χ2n) is 2.28. The van der Waals surface area contributed by atoms with E-state index in [9.17, 15) is 10.1 Å². The predicted octanol–water partition coefficient (Wildman–Crippen LogP) is 1.75. The molecule has 0 aromatic carbocycles. The van der Waals surface area contributed by atoms with Crippen molar-refractivity contribution in [3.63, 3.8) is 0 Å². The Morgan fingerprint density at radius 1 is 1.64 bits per heavy atom. The minimum absolute atomic E-state index is 0.0217. The third-order valence-electron chi connectivity index (χ3n) is 1.29. The molecular weight excluding hydrogens is 216 g/mol. The van der Waals surface area contributed by atoms with E-state index in [0.717, 1.165) is 0 Å². The fourth-order valence-electron chi connectivity index (χ4n) is 0.669. The lowest BCUT2D eigenvalue weighted by molar-refractivity contribution is -0.563. The number of rotatable bonds is 2. The number of nitrogens with zero attached hydrogens (tertiary/aromatic N) is 1. The number of nitro groups is 1. The Labute approximate surface area is 77.5 Å². The summed E-state index contributed by atoms with van der Waals surface area (Å²) in [5, 5.41) is 10.3. The van der Waals surface area contributed by atoms with E-state index in [0.29, 0.717) is 0 Å². The first-order chi connectivity index (χ1) is 4.86. The van der Waals surface area contributed by atoms with Gasteiger partial charge in [0.15, 0.2) is 10.4 Å². The molecule has 1 rings (SSSR count). The van der Waals surface area contributed by atoms with E-state index < -0.39 is 14.4 Å². The molecule has 0 spiro atoms. The first kappa shape index (κ1) is 9.32. The van der Waals surface area contributed by atoms with Crippen molar-refractivity contribution >= 4 is 34.8 Å². The maximum atomic E-state index is 10.3. The average Bonchev–Trinajstić information content (AvgIpc) is 2.43. The fourth-order valence-corrected chi connectivity index (χ4v) is 1.29. The number of hydrogen-bond acceptors (Lipinski definition) is 3. The van der Waals surface area contributed by atoms with Crippen LogP contribution in [0.2, 0.25) is 0 Å². The van der Waals surface area contributed by atoms with Gasteiger partial charge in [0.2, 0.25) is 0 Å². The van der Waals surface area contributed by atoms with Crippen molar-refractivity contribution in [1.82, 2.24) is 0 Å². The van der Waals surface area contributed by atoms with Gasteiger partial charge in [-0.1, -0.05) is 34.8 Å². The third kappa shape index (κ3) is 2.33. The molecule has 1 saturated heterocycles. The first-order valence-corrected chi connectivity index (χ1v) is 3.84. The van der Waals surface area contributed by atoms with Gasteiger partial charge in [-0.2, -0.15) is 0 Å². The number of hydrogen-bond donors (Lipinski definition) is 0. The number of epoxide rings is 1. The standard InChI is InChI=1S/C4H4Cl3NO3/c5-4(6,7)1-3(2-11-3)8(9)10/h1-2H2. The quantitative estimate of drug-likeness (QED) is 0.308. The first-order valence-electron chi connectivity index (χ1n) is 2.71. The Morgan fingerprint density at radius 3 is 2.18 bits per heavy atom. The SMILES string of the molecule is O=[N+]([O-])C1(CC(Cl)(Cl)Cl)CO1. The summed E-state index contributed by atoms with van der Waals surface area (Å²) in [4.78, 5) is 9.69. The molecule has 1 aliphatic rings. The molecule has 0 radical (unpaired) electrons. The normalized spacial score (nSPS) is 30.1. The van der Waals surface area contributed by atoms with Crippen LogP contribution in [-0.2, 0) is 4.74 Å². The van der Waals surface area contributed by atoms with Crippen LogP contribution in [0, 0.1) is 10.1 Å². The Bertz CT molecular complexity index is 186. The van der Waals surface area contributed by atoms with E-state index in [2.05, 4.69) is 4.74 Å². The van der Waals surface area contributed by atoms with Gasteiger partial charge in [0, 0.05) is 0 Å². The zero-order valence-corrected chi connectivity index (χ0v) is 7.49. The van der Waals surface area contributed by atoms with Crippen LogP contribution in [0.5, 0.6) is 0 Å². The second-order valence-corrected chi connectivity index (χ2v) is 4.80. The van der Waals surface area contributed by atoms with E-state index in [1.807, 2.05) is 0 Å². The van der Waals surface area contributed by atoms with E-state index in [4.69, 9.17) is 34.8 Å². The molecule has 1 heterocycles. The van der Waals surface area contributed by atoms with Crippen LogP contribution in [0.3, 0.4) is 0 Å². The van der Waals surface area contributed by atoms with Crippen LogP contribution in [0.1, 0.15) is 6.42 Å². The van der Waals surface area contributed by atoms with Crippen LogP contribution in [0.15, 0.2) is 0 Å². The van der Waals surface area contributed by atoms with E-state index in [1.165, 1.54) is 0 Å². The highest BCUT2D eigenvalue weighted by Gasteiger charge is 2.62. The van der Waals surface area contributed by atoms with Gasteiger partial charge in [-0.3, -0.25) is 10.1 Å². The van der Waals surface area contributed by atoms with Crippen molar-refractivity contribution in [2.24, 2.45) is 0 Å². The van der Waals surface area contributed by atoms with Crippen LogP contribution >= 0.6 is 34.8 Å². The molecule has 0 bridgehead atoms. The van der Waals surface area contributed by atoms with Crippen molar-refractivity contribution in [2.45, 2.75) is 15.9 Å². The predicted molar refractivity (Wildman–Crippen MR) is 40.6 cm³/mol. The zero-order chi connectivity index (χ0) is 8.70. The molecule has 4 nitrogen and oxygen atoms in total. The van der Waals surface area contributed by atoms with Gasteiger partial charge in [0.1, 0.15) is 0 Å². The molecule has 1 aliphatic heterocycles. The Hall–Kier alpha value is 0.230. The molecule has 1 fully saturated rings. The van der Waals surface area contributed by atoms with Crippen molar-refractivity contribution in [3.8, 4) is 0 Å². The molecule has 0 amide bonds. The van der Waals surface area contributed by atoms with Crippen molar-refractivity contribution in [3.05, 3.63) is 10.1 Å². The smallest absolute Gasteiger partial charge is 0.302 e. The van der Waals surface area contributed by atoms with Crippen LogP contribution < -0.4 is 0 Å². The van der Waals surface area contributed by atoms with Gasteiger partial charge in [0.25, 0.3) is 0 Å². The number of ether oxygens (including phenoxy) is 1. The Kier molecular flexibility index (Phi) is 2.22. The Morgan fingerprint density at radius 2 is 2.09 bits per heavy atom. The highest BCUT2D eigenvalue weighted by molar-refractivity contribution is 6.67. The fraction of sp³-hybridized carbons (Fsp3) is 1.00. The summed E-state index contributed by atoms with van der Waals surface area (Å²) in [6.07, 6.45) is -0.211. The highest BCUT2D eigenvalue weighted by atomic mass is 35.6. The molecule has 64 valence electrons. The van der Waals surface area contributed by atoms with Crippen LogP contribution in [-0.4, -0.2) is 21.0 Å². The molecule has 7 heteroatoms. The van der Waals surface area contributed by atoms with Crippen molar-refractivity contribution < 1.29 is 9.66 Å². The van der Waals surface area contributed by atoms with E-state index in [-0.39, 0.29) is 13.0 Å². The van der Waals surface area contributed by atoms with Crippen LogP contribution in [0.4, 0.5) is 0 Å². The Balaban J connectivity index is 2.55. The largest absolute Gasteiger partial charge is 0.352 e. The topological polar surface area (TPSA) is 55.7 Å². The van der Waals surface area contributed by atoms with Crippen LogP contribution in [0.25, 0.3) is 0 Å². The van der Waals surface area contributed by atoms with E-state index >= 15 is 0 Å². The second kappa shape index (κ2) is 2.62. The summed E-state index contributed by atoms with van der Waals surface area (Å²) in [5.74, 6) is 0.